The third-order valence-electron chi connectivity index (χ3n) is 6.20. The highest BCUT2D eigenvalue weighted by Gasteiger charge is 2.40. The minimum absolute atomic E-state index is 0.0237. The van der Waals surface area contributed by atoms with Crippen LogP contribution in [0.2, 0.25) is 0 Å². The molecule has 1 aromatic carbocycles. The van der Waals surface area contributed by atoms with Gasteiger partial charge in [-0.3, -0.25) is 9.59 Å². The van der Waals surface area contributed by atoms with Gasteiger partial charge in [-0.05, 0) is 49.1 Å². The first-order chi connectivity index (χ1) is 16.4. The molecule has 1 aliphatic heterocycles. The third kappa shape index (κ3) is 4.23. The van der Waals surface area contributed by atoms with E-state index in [1.54, 1.807) is 36.5 Å². The molecule has 2 heterocycles. The molecule has 178 valence electrons. The lowest BCUT2D eigenvalue weighted by Crippen LogP contribution is -2.37. The standard InChI is InChI=1S/C26H29N3O5/c1-14-10-17-24(18(30)11-14)23(16-12-19(32-3)25(34-5)20(13-16)33-4)22(15(2)28-17)26(31)29-21-8-6-7-9-27-21/h6-9,12-14,23,28H,10-11H2,1-5H3,(H,27,29,31). The second-order valence-electron chi connectivity index (χ2n) is 8.55. The van der Waals surface area contributed by atoms with Gasteiger partial charge in [-0.25, -0.2) is 4.98 Å². The molecular formula is C26H29N3O5. The van der Waals surface area contributed by atoms with Gasteiger partial charge in [0.2, 0.25) is 5.75 Å². The van der Waals surface area contributed by atoms with E-state index in [-0.39, 0.29) is 17.6 Å². The van der Waals surface area contributed by atoms with Crippen molar-refractivity contribution in [3.63, 3.8) is 0 Å². The summed E-state index contributed by atoms with van der Waals surface area (Å²) in [6.07, 6.45) is 2.77. The molecule has 0 radical (unpaired) electrons. The molecule has 0 fully saturated rings. The predicted molar refractivity (Wildman–Crippen MR) is 128 cm³/mol. The Morgan fingerprint density at radius 1 is 1.09 bits per heavy atom. The van der Waals surface area contributed by atoms with E-state index in [2.05, 4.69) is 22.5 Å². The average Bonchev–Trinajstić information content (AvgIpc) is 2.82. The number of hydrogen-bond donors (Lipinski definition) is 2. The van der Waals surface area contributed by atoms with Gasteiger partial charge in [-0.2, -0.15) is 0 Å². The van der Waals surface area contributed by atoms with Gasteiger partial charge in [-0.1, -0.05) is 13.0 Å². The summed E-state index contributed by atoms with van der Waals surface area (Å²) in [7, 11) is 4.61. The van der Waals surface area contributed by atoms with Crippen molar-refractivity contribution in [2.45, 2.75) is 32.6 Å². The maximum absolute atomic E-state index is 13.6. The van der Waals surface area contributed by atoms with Crippen LogP contribution in [-0.4, -0.2) is 38.0 Å². The van der Waals surface area contributed by atoms with Crippen LogP contribution in [0, 0.1) is 5.92 Å². The van der Waals surface area contributed by atoms with Crippen LogP contribution in [-0.2, 0) is 9.59 Å². The summed E-state index contributed by atoms with van der Waals surface area (Å²) in [5.74, 6) is 1.09. The zero-order valence-corrected chi connectivity index (χ0v) is 20.0. The van der Waals surface area contributed by atoms with E-state index in [1.165, 1.54) is 21.3 Å². The second kappa shape index (κ2) is 9.59. The average molecular weight is 464 g/mol. The van der Waals surface area contributed by atoms with E-state index in [0.29, 0.717) is 51.9 Å². The number of carbonyl (C=O) groups excluding carboxylic acids is 2. The molecule has 2 unspecified atom stereocenters. The van der Waals surface area contributed by atoms with Crippen LogP contribution in [0.4, 0.5) is 5.82 Å². The van der Waals surface area contributed by atoms with Crippen LogP contribution in [0.1, 0.15) is 38.2 Å². The monoisotopic (exact) mass is 463 g/mol. The molecule has 1 aliphatic carbocycles. The number of anilines is 1. The molecule has 2 aromatic rings. The van der Waals surface area contributed by atoms with Gasteiger partial charge in [0.15, 0.2) is 17.3 Å². The fourth-order valence-electron chi connectivity index (χ4n) is 4.76. The number of dihydropyridines is 1. The van der Waals surface area contributed by atoms with Crippen LogP contribution in [0.3, 0.4) is 0 Å². The van der Waals surface area contributed by atoms with Crippen molar-refractivity contribution in [2.75, 3.05) is 26.6 Å². The Labute approximate surface area is 199 Å². The van der Waals surface area contributed by atoms with Gasteiger partial charge in [-0.15, -0.1) is 0 Å². The number of pyridine rings is 1. The molecule has 2 atom stereocenters. The first-order valence-electron chi connectivity index (χ1n) is 11.1. The highest BCUT2D eigenvalue weighted by Crippen LogP contribution is 2.47. The lowest BCUT2D eigenvalue weighted by atomic mass is 9.73. The van der Waals surface area contributed by atoms with Crippen LogP contribution in [0.5, 0.6) is 17.2 Å². The van der Waals surface area contributed by atoms with Crippen molar-refractivity contribution in [1.29, 1.82) is 0 Å². The Balaban J connectivity index is 1.89. The molecule has 8 heteroatoms. The number of carbonyl (C=O) groups is 2. The lowest BCUT2D eigenvalue weighted by molar-refractivity contribution is -0.117. The zero-order valence-electron chi connectivity index (χ0n) is 20.0. The Kier molecular flexibility index (Phi) is 6.58. The molecular weight excluding hydrogens is 434 g/mol. The van der Waals surface area contributed by atoms with E-state index >= 15 is 0 Å². The topological polar surface area (TPSA) is 98.8 Å². The van der Waals surface area contributed by atoms with Gasteiger partial charge in [0.25, 0.3) is 5.91 Å². The highest BCUT2D eigenvalue weighted by molar-refractivity contribution is 6.09. The molecule has 0 saturated heterocycles. The van der Waals surface area contributed by atoms with Crippen molar-refractivity contribution < 1.29 is 23.8 Å². The van der Waals surface area contributed by atoms with Crippen molar-refractivity contribution >= 4 is 17.5 Å². The van der Waals surface area contributed by atoms with Crippen LogP contribution in [0.15, 0.2) is 59.1 Å². The number of nitrogens with zero attached hydrogens (tertiary/aromatic N) is 1. The minimum atomic E-state index is -0.603. The maximum Gasteiger partial charge on any atom is 0.255 e. The van der Waals surface area contributed by atoms with Crippen LogP contribution in [0.25, 0.3) is 0 Å². The molecule has 0 saturated carbocycles. The Morgan fingerprint density at radius 2 is 1.79 bits per heavy atom. The van der Waals surface area contributed by atoms with Crippen molar-refractivity contribution in [3.8, 4) is 17.2 Å². The van der Waals surface area contributed by atoms with Gasteiger partial charge in [0.05, 0.1) is 21.3 Å². The normalized spacial score (nSPS) is 19.9. The van der Waals surface area contributed by atoms with E-state index in [9.17, 15) is 9.59 Å². The maximum atomic E-state index is 13.6. The summed E-state index contributed by atoms with van der Waals surface area (Å²) in [5, 5.41) is 6.22. The number of aromatic nitrogens is 1. The first-order valence-corrected chi connectivity index (χ1v) is 11.1. The van der Waals surface area contributed by atoms with E-state index < -0.39 is 5.92 Å². The number of amides is 1. The second-order valence-corrected chi connectivity index (χ2v) is 8.55. The number of methoxy groups -OCH3 is 3. The highest BCUT2D eigenvalue weighted by atomic mass is 16.5. The first kappa shape index (κ1) is 23.4. The lowest BCUT2D eigenvalue weighted by Gasteiger charge is -2.36. The largest absolute Gasteiger partial charge is 0.493 e. The van der Waals surface area contributed by atoms with Gasteiger partial charge < -0.3 is 24.8 Å². The summed E-state index contributed by atoms with van der Waals surface area (Å²) in [6.45, 7) is 3.91. The summed E-state index contributed by atoms with van der Waals surface area (Å²) in [4.78, 5) is 31.1. The number of Topliss-reactive ketones (excluding diaryl/α,β-unsaturated/α-hetero) is 1. The molecule has 0 spiro atoms. The number of nitrogens with one attached hydrogen (secondary N) is 2. The fraction of sp³-hybridized carbons (Fsp3) is 0.346. The van der Waals surface area contributed by atoms with E-state index in [4.69, 9.17) is 14.2 Å². The molecule has 0 bridgehead atoms. The van der Waals surface area contributed by atoms with Gasteiger partial charge in [0.1, 0.15) is 5.82 Å². The summed E-state index contributed by atoms with van der Waals surface area (Å²) in [6, 6.07) is 8.90. The van der Waals surface area contributed by atoms with E-state index in [1.807, 2.05) is 6.92 Å². The van der Waals surface area contributed by atoms with Crippen molar-refractivity contribution in [2.24, 2.45) is 5.92 Å². The zero-order chi connectivity index (χ0) is 24.4. The Morgan fingerprint density at radius 3 is 2.38 bits per heavy atom. The van der Waals surface area contributed by atoms with E-state index in [0.717, 1.165) is 12.1 Å². The number of ether oxygens (including phenoxy) is 3. The summed E-state index contributed by atoms with van der Waals surface area (Å²) in [5.41, 5.74) is 3.30. The molecule has 4 rings (SSSR count). The number of rotatable bonds is 6. The van der Waals surface area contributed by atoms with Crippen molar-refractivity contribution in [3.05, 3.63) is 64.6 Å². The molecule has 8 nitrogen and oxygen atoms in total. The Bertz CT molecular complexity index is 1160. The molecule has 34 heavy (non-hydrogen) atoms. The summed E-state index contributed by atoms with van der Waals surface area (Å²) >= 11 is 0. The number of hydrogen-bond acceptors (Lipinski definition) is 7. The minimum Gasteiger partial charge on any atom is -0.493 e. The third-order valence-corrected chi connectivity index (χ3v) is 6.20. The fourth-order valence-corrected chi connectivity index (χ4v) is 4.76. The molecule has 2 N–H and O–H groups in total. The number of allylic oxidation sites excluding steroid dienone is 3. The quantitative estimate of drug-likeness (QED) is 0.669. The predicted octanol–water partition coefficient (Wildman–Crippen LogP) is 3.96. The molecule has 1 aromatic heterocycles. The number of ketones is 1. The molecule has 1 amide bonds. The van der Waals surface area contributed by atoms with Gasteiger partial charge >= 0.3 is 0 Å². The molecule has 2 aliphatic rings. The SMILES string of the molecule is COc1cc(C2C(C(=O)Nc3ccccn3)=C(C)NC3=C2C(=O)CC(C)C3)cc(OC)c1OC. The summed E-state index contributed by atoms with van der Waals surface area (Å²) < 4.78 is 16.6. The van der Waals surface area contributed by atoms with Crippen LogP contribution < -0.4 is 24.8 Å². The Hall–Kier alpha value is -3.81. The smallest absolute Gasteiger partial charge is 0.255 e. The number of benzene rings is 1. The van der Waals surface area contributed by atoms with Gasteiger partial charge in [0, 0.05) is 41.1 Å². The van der Waals surface area contributed by atoms with Crippen molar-refractivity contribution in [1.82, 2.24) is 10.3 Å². The van der Waals surface area contributed by atoms with Crippen LogP contribution >= 0.6 is 0 Å².